The first-order chi connectivity index (χ1) is 11.9. The molecule has 1 aliphatic heterocycles. The van der Waals surface area contributed by atoms with Crippen LogP contribution in [-0.2, 0) is 0 Å². The first-order valence-electron chi connectivity index (χ1n) is 8.14. The maximum atomic E-state index is 14.0. The van der Waals surface area contributed by atoms with Crippen molar-refractivity contribution < 1.29 is 8.78 Å². The molecular formula is C17H18F2N6. The number of aromatic nitrogens is 4. The van der Waals surface area contributed by atoms with E-state index in [1.165, 1.54) is 12.1 Å². The van der Waals surface area contributed by atoms with E-state index in [0.717, 1.165) is 37.8 Å². The highest BCUT2D eigenvalue weighted by Crippen LogP contribution is 2.29. The summed E-state index contributed by atoms with van der Waals surface area (Å²) >= 11 is 0. The average molecular weight is 344 g/mol. The zero-order valence-corrected chi connectivity index (χ0v) is 13.8. The minimum atomic E-state index is -0.944. The van der Waals surface area contributed by atoms with E-state index in [0.29, 0.717) is 11.2 Å². The van der Waals surface area contributed by atoms with E-state index in [-0.39, 0.29) is 16.8 Å². The van der Waals surface area contributed by atoms with Gasteiger partial charge in [-0.1, -0.05) is 6.07 Å². The molecule has 3 heterocycles. The van der Waals surface area contributed by atoms with Gasteiger partial charge in [0.2, 0.25) is 0 Å². The molecule has 3 N–H and O–H groups in total. The molecule has 1 saturated heterocycles. The second-order valence-electron chi connectivity index (χ2n) is 6.74. The molecule has 2 aromatic heterocycles. The van der Waals surface area contributed by atoms with E-state index < -0.39 is 11.6 Å². The lowest BCUT2D eigenvalue weighted by atomic mass is 9.91. The van der Waals surface area contributed by atoms with Crippen LogP contribution < -0.4 is 10.6 Å². The van der Waals surface area contributed by atoms with Crippen LogP contribution in [0.3, 0.4) is 0 Å². The standard InChI is InChI=1S/C17H18F2N6/c1-17(20)5-7-25(8-6-17)12-9-21-15-14(23-24-16(15)22-12)10-3-2-4-11(18)13(10)19/h2-4,9H,5-8,20H2,1H3,(H,22,23,24). The van der Waals surface area contributed by atoms with Crippen LogP contribution in [0.5, 0.6) is 0 Å². The molecule has 1 fully saturated rings. The predicted octanol–water partition coefficient (Wildman–Crippen LogP) is 2.62. The van der Waals surface area contributed by atoms with Crippen LogP contribution in [0.15, 0.2) is 24.4 Å². The van der Waals surface area contributed by atoms with Crippen molar-refractivity contribution >= 4 is 17.0 Å². The molecule has 6 nitrogen and oxygen atoms in total. The van der Waals surface area contributed by atoms with Gasteiger partial charge in [-0.05, 0) is 31.9 Å². The summed E-state index contributed by atoms with van der Waals surface area (Å²) in [6.45, 7) is 3.65. The second-order valence-corrected chi connectivity index (χ2v) is 6.74. The van der Waals surface area contributed by atoms with Crippen molar-refractivity contribution in [3.63, 3.8) is 0 Å². The molecular weight excluding hydrogens is 326 g/mol. The van der Waals surface area contributed by atoms with E-state index in [2.05, 4.69) is 25.1 Å². The Balaban J connectivity index is 1.69. The van der Waals surface area contributed by atoms with Gasteiger partial charge in [-0.25, -0.2) is 18.7 Å². The molecule has 0 aliphatic carbocycles. The fourth-order valence-corrected chi connectivity index (χ4v) is 3.07. The first-order valence-corrected chi connectivity index (χ1v) is 8.14. The van der Waals surface area contributed by atoms with Crippen LogP contribution in [0.2, 0.25) is 0 Å². The minimum absolute atomic E-state index is 0.0603. The number of benzene rings is 1. The van der Waals surface area contributed by atoms with Crippen molar-refractivity contribution in [3.05, 3.63) is 36.0 Å². The minimum Gasteiger partial charge on any atom is -0.355 e. The van der Waals surface area contributed by atoms with Gasteiger partial charge in [-0.2, -0.15) is 5.10 Å². The molecule has 3 aromatic rings. The van der Waals surface area contributed by atoms with Crippen LogP contribution in [0.1, 0.15) is 19.8 Å². The van der Waals surface area contributed by atoms with Crippen molar-refractivity contribution in [2.24, 2.45) is 5.73 Å². The number of nitrogens with zero attached hydrogens (tertiary/aromatic N) is 4. The lowest BCUT2D eigenvalue weighted by Gasteiger charge is -2.37. The molecule has 1 aliphatic rings. The topological polar surface area (TPSA) is 83.7 Å². The first kappa shape index (κ1) is 15.9. The van der Waals surface area contributed by atoms with Gasteiger partial charge in [0.05, 0.1) is 6.20 Å². The van der Waals surface area contributed by atoms with Crippen molar-refractivity contribution in [1.29, 1.82) is 0 Å². The fourth-order valence-electron chi connectivity index (χ4n) is 3.07. The molecule has 0 saturated carbocycles. The average Bonchev–Trinajstić information content (AvgIpc) is 3.00. The van der Waals surface area contributed by atoms with Gasteiger partial charge in [0.25, 0.3) is 0 Å². The molecule has 0 atom stereocenters. The van der Waals surface area contributed by atoms with E-state index in [1.807, 2.05) is 6.92 Å². The number of nitrogens with two attached hydrogens (primary N) is 1. The number of fused-ring (bicyclic) bond motifs is 1. The summed E-state index contributed by atoms with van der Waals surface area (Å²) < 4.78 is 27.5. The summed E-state index contributed by atoms with van der Waals surface area (Å²) in [7, 11) is 0. The number of rotatable bonds is 2. The monoisotopic (exact) mass is 344 g/mol. The molecule has 0 bridgehead atoms. The third kappa shape index (κ3) is 2.82. The summed E-state index contributed by atoms with van der Waals surface area (Å²) in [6.07, 6.45) is 3.38. The molecule has 130 valence electrons. The Labute approximate surface area is 143 Å². The van der Waals surface area contributed by atoms with Gasteiger partial charge in [-0.3, -0.25) is 5.10 Å². The van der Waals surface area contributed by atoms with Crippen molar-refractivity contribution in [2.45, 2.75) is 25.3 Å². The Morgan fingerprint density at radius 3 is 2.76 bits per heavy atom. The van der Waals surface area contributed by atoms with Gasteiger partial charge in [0.1, 0.15) is 17.0 Å². The van der Waals surface area contributed by atoms with E-state index >= 15 is 0 Å². The normalized spacial score (nSPS) is 17.2. The summed E-state index contributed by atoms with van der Waals surface area (Å²) in [5.74, 6) is -1.14. The van der Waals surface area contributed by atoms with Gasteiger partial charge < -0.3 is 10.6 Å². The van der Waals surface area contributed by atoms with Crippen LogP contribution in [0, 0.1) is 11.6 Å². The van der Waals surface area contributed by atoms with Crippen LogP contribution in [0.4, 0.5) is 14.6 Å². The number of aromatic amines is 1. The van der Waals surface area contributed by atoms with Crippen LogP contribution in [0.25, 0.3) is 22.4 Å². The number of hydrogen-bond donors (Lipinski definition) is 2. The maximum Gasteiger partial charge on any atom is 0.177 e. The molecule has 25 heavy (non-hydrogen) atoms. The summed E-state index contributed by atoms with van der Waals surface area (Å²) in [5, 5.41) is 6.85. The van der Waals surface area contributed by atoms with Crippen LogP contribution in [-0.4, -0.2) is 38.8 Å². The van der Waals surface area contributed by atoms with Crippen molar-refractivity contribution in [3.8, 4) is 11.3 Å². The molecule has 0 amide bonds. The zero-order valence-electron chi connectivity index (χ0n) is 13.8. The summed E-state index contributed by atoms with van der Waals surface area (Å²) in [5.41, 5.74) is 7.17. The molecule has 0 unspecified atom stereocenters. The fraction of sp³-hybridized carbons (Fsp3) is 0.353. The summed E-state index contributed by atoms with van der Waals surface area (Å²) in [4.78, 5) is 11.0. The Morgan fingerprint density at radius 1 is 1.24 bits per heavy atom. The third-order valence-electron chi connectivity index (χ3n) is 4.69. The Morgan fingerprint density at radius 2 is 2.00 bits per heavy atom. The molecule has 0 spiro atoms. The van der Waals surface area contributed by atoms with Crippen LogP contribution >= 0.6 is 0 Å². The van der Waals surface area contributed by atoms with Gasteiger partial charge in [-0.15, -0.1) is 0 Å². The predicted molar refractivity (Wildman–Crippen MR) is 91.1 cm³/mol. The highest BCUT2D eigenvalue weighted by Gasteiger charge is 2.27. The number of H-pyrrole nitrogens is 1. The SMILES string of the molecule is CC1(N)CCN(c2cnc3c(-c4cccc(F)c4F)n[nH]c3n2)CC1. The van der Waals surface area contributed by atoms with E-state index in [4.69, 9.17) is 5.73 Å². The maximum absolute atomic E-state index is 14.0. The Kier molecular flexibility index (Phi) is 3.64. The lowest BCUT2D eigenvalue weighted by Crippen LogP contribution is -2.48. The van der Waals surface area contributed by atoms with Gasteiger partial charge >= 0.3 is 0 Å². The largest absolute Gasteiger partial charge is 0.355 e. The number of nitrogens with one attached hydrogen (secondary N) is 1. The molecule has 1 aromatic carbocycles. The number of hydrogen-bond acceptors (Lipinski definition) is 5. The Hall–Kier alpha value is -2.61. The third-order valence-corrected chi connectivity index (χ3v) is 4.69. The zero-order chi connectivity index (χ0) is 17.6. The summed E-state index contributed by atoms with van der Waals surface area (Å²) in [6, 6.07) is 3.98. The number of anilines is 1. The smallest absolute Gasteiger partial charge is 0.177 e. The number of piperidine rings is 1. The van der Waals surface area contributed by atoms with Crippen molar-refractivity contribution in [1.82, 2.24) is 20.2 Å². The molecule has 4 rings (SSSR count). The highest BCUT2D eigenvalue weighted by atomic mass is 19.2. The van der Waals surface area contributed by atoms with Crippen molar-refractivity contribution in [2.75, 3.05) is 18.0 Å². The molecule has 0 radical (unpaired) electrons. The van der Waals surface area contributed by atoms with Gasteiger partial charge in [0, 0.05) is 24.2 Å². The number of halogens is 2. The van der Waals surface area contributed by atoms with E-state index in [1.54, 1.807) is 6.20 Å². The molecule has 8 heteroatoms. The second kappa shape index (κ2) is 5.73. The quantitative estimate of drug-likeness (QED) is 0.747. The van der Waals surface area contributed by atoms with E-state index in [9.17, 15) is 8.78 Å². The lowest BCUT2D eigenvalue weighted by molar-refractivity contribution is 0.363. The Bertz CT molecular complexity index is 926. The highest BCUT2D eigenvalue weighted by molar-refractivity contribution is 5.88. The van der Waals surface area contributed by atoms with Gasteiger partial charge in [0.15, 0.2) is 17.3 Å².